The van der Waals surface area contributed by atoms with Gasteiger partial charge in [0.2, 0.25) is 15.9 Å². The van der Waals surface area contributed by atoms with E-state index in [1.54, 1.807) is 56.2 Å². The van der Waals surface area contributed by atoms with Crippen molar-refractivity contribution in [2.45, 2.75) is 44.2 Å². The number of benzene rings is 3. The van der Waals surface area contributed by atoms with Crippen LogP contribution in [0, 0.1) is 0 Å². The first-order chi connectivity index (χ1) is 17.1. The maximum absolute atomic E-state index is 13.8. The Morgan fingerprint density at radius 1 is 0.861 bits per heavy atom. The fourth-order valence-electron chi connectivity index (χ4n) is 4.15. The van der Waals surface area contributed by atoms with Crippen LogP contribution in [0.3, 0.4) is 0 Å². The first kappa shape index (κ1) is 25.7. The number of carbonyl (C=O) groups excluding carboxylic acids is 1. The van der Waals surface area contributed by atoms with Crippen molar-refractivity contribution in [3.05, 3.63) is 103 Å². The van der Waals surface area contributed by atoms with E-state index in [1.165, 1.54) is 4.31 Å². The average Bonchev–Trinajstić information content (AvgIpc) is 3.37. The van der Waals surface area contributed by atoms with Crippen LogP contribution in [-0.4, -0.2) is 42.2 Å². The molecule has 0 unspecified atom stereocenters. The van der Waals surface area contributed by atoms with Crippen molar-refractivity contribution in [2.75, 3.05) is 13.1 Å². The number of nitrogens with zero attached hydrogens (tertiary/aromatic N) is 2. The molecule has 0 fully saturated rings. The summed E-state index contributed by atoms with van der Waals surface area (Å²) in [6.07, 6.45) is 2.22. The minimum atomic E-state index is -3.95. The third kappa shape index (κ3) is 6.04. The van der Waals surface area contributed by atoms with Gasteiger partial charge in [0.1, 0.15) is 5.76 Å². The fourth-order valence-corrected chi connectivity index (χ4v) is 5.92. The standard InChI is InChI=1S/C29H32N2O4S/c1-29(2,3)31(36(33,34)27-16-15-24-12-7-8-13-25(24)20-27)22-28(32)30(21-26-14-9-19-35-26)18-17-23-10-5-4-6-11-23/h4-16,19-20H,17-18,21-22H2,1-3H3. The van der Waals surface area contributed by atoms with Crippen molar-refractivity contribution in [3.63, 3.8) is 0 Å². The summed E-state index contributed by atoms with van der Waals surface area (Å²) >= 11 is 0. The first-order valence-electron chi connectivity index (χ1n) is 12.0. The van der Waals surface area contributed by atoms with E-state index in [2.05, 4.69) is 0 Å². The summed E-state index contributed by atoms with van der Waals surface area (Å²) in [5.41, 5.74) is 0.293. The molecule has 1 aromatic heterocycles. The second-order valence-corrected chi connectivity index (χ2v) is 11.7. The Hall–Kier alpha value is -3.42. The quantitative estimate of drug-likeness (QED) is 0.302. The molecule has 0 atom stereocenters. The molecule has 4 aromatic rings. The van der Waals surface area contributed by atoms with Gasteiger partial charge in [0.05, 0.1) is 24.2 Å². The topological polar surface area (TPSA) is 70.8 Å². The minimum absolute atomic E-state index is 0.172. The van der Waals surface area contributed by atoms with Gasteiger partial charge in [0, 0.05) is 12.1 Å². The van der Waals surface area contributed by atoms with E-state index in [0.29, 0.717) is 18.7 Å². The predicted octanol–water partition coefficient (Wildman–Crippen LogP) is 5.49. The zero-order valence-electron chi connectivity index (χ0n) is 20.9. The van der Waals surface area contributed by atoms with E-state index >= 15 is 0 Å². The summed E-state index contributed by atoms with van der Waals surface area (Å²) in [6.45, 7) is 5.86. The molecule has 0 aliphatic carbocycles. The molecule has 36 heavy (non-hydrogen) atoms. The molecule has 1 amide bonds. The van der Waals surface area contributed by atoms with E-state index in [4.69, 9.17) is 4.42 Å². The van der Waals surface area contributed by atoms with E-state index in [1.807, 2.05) is 60.7 Å². The van der Waals surface area contributed by atoms with Gasteiger partial charge >= 0.3 is 0 Å². The van der Waals surface area contributed by atoms with Crippen molar-refractivity contribution in [2.24, 2.45) is 0 Å². The molecule has 4 rings (SSSR count). The van der Waals surface area contributed by atoms with Gasteiger partial charge in [-0.1, -0.05) is 60.7 Å². The molecule has 0 saturated carbocycles. The van der Waals surface area contributed by atoms with Crippen molar-refractivity contribution in [1.82, 2.24) is 9.21 Å². The van der Waals surface area contributed by atoms with E-state index < -0.39 is 15.6 Å². The maximum atomic E-state index is 13.8. The van der Waals surface area contributed by atoms with E-state index in [9.17, 15) is 13.2 Å². The molecule has 7 heteroatoms. The normalized spacial score (nSPS) is 12.2. The Bertz CT molecular complexity index is 1410. The smallest absolute Gasteiger partial charge is 0.244 e. The van der Waals surface area contributed by atoms with Crippen LogP contribution in [0.25, 0.3) is 10.8 Å². The van der Waals surface area contributed by atoms with Crippen molar-refractivity contribution < 1.29 is 17.6 Å². The summed E-state index contributed by atoms with van der Waals surface area (Å²) in [7, 11) is -3.95. The van der Waals surface area contributed by atoms with Crippen LogP contribution in [0.5, 0.6) is 0 Å². The molecule has 0 radical (unpaired) electrons. The lowest BCUT2D eigenvalue weighted by atomic mass is 10.1. The Morgan fingerprint density at radius 2 is 1.56 bits per heavy atom. The summed E-state index contributed by atoms with van der Waals surface area (Å²) in [6, 6.07) is 26.2. The number of furan rings is 1. The van der Waals surface area contributed by atoms with Gasteiger partial charge in [-0.25, -0.2) is 8.42 Å². The maximum Gasteiger partial charge on any atom is 0.244 e. The Morgan fingerprint density at radius 3 is 2.22 bits per heavy atom. The Kier molecular flexibility index (Phi) is 7.62. The van der Waals surface area contributed by atoms with Crippen LogP contribution in [0.2, 0.25) is 0 Å². The van der Waals surface area contributed by atoms with Crippen molar-refractivity contribution >= 4 is 26.7 Å². The molecule has 0 bridgehead atoms. The lowest BCUT2D eigenvalue weighted by Gasteiger charge is -2.35. The monoisotopic (exact) mass is 504 g/mol. The molecular weight excluding hydrogens is 472 g/mol. The van der Waals surface area contributed by atoms with Gasteiger partial charge in [-0.15, -0.1) is 0 Å². The molecule has 0 saturated heterocycles. The fraction of sp³-hybridized carbons (Fsp3) is 0.276. The Balaban J connectivity index is 1.61. The van der Waals surface area contributed by atoms with Crippen LogP contribution in [-0.2, 0) is 27.8 Å². The average molecular weight is 505 g/mol. The molecule has 0 aliphatic heterocycles. The van der Waals surface area contributed by atoms with Gasteiger partial charge in [-0.2, -0.15) is 4.31 Å². The van der Waals surface area contributed by atoms with Crippen LogP contribution in [0.15, 0.2) is 101 Å². The number of amides is 1. The highest BCUT2D eigenvalue weighted by Gasteiger charge is 2.36. The summed E-state index contributed by atoms with van der Waals surface area (Å²) < 4.78 is 34.4. The number of sulfonamides is 1. The van der Waals surface area contributed by atoms with Crippen LogP contribution >= 0.6 is 0 Å². The summed E-state index contributed by atoms with van der Waals surface area (Å²) in [5.74, 6) is 0.373. The van der Waals surface area contributed by atoms with Crippen molar-refractivity contribution in [3.8, 4) is 0 Å². The zero-order valence-corrected chi connectivity index (χ0v) is 21.7. The number of carbonyl (C=O) groups is 1. The molecule has 6 nitrogen and oxygen atoms in total. The molecule has 1 heterocycles. The molecular formula is C29H32N2O4S. The predicted molar refractivity (Wildman–Crippen MR) is 142 cm³/mol. The van der Waals surface area contributed by atoms with Gasteiger partial charge < -0.3 is 9.32 Å². The third-order valence-corrected chi connectivity index (χ3v) is 8.24. The highest BCUT2D eigenvalue weighted by Crippen LogP contribution is 2.27. The minimum Gasteiger partial charge on any atom is -0.467 e. The summed E-state index contributed by atoms with van der Waals surface area (Å²) in [5, 5.41) is 1.79. The van der Waals surface area contributed by atoms with Gasteiger partial charge in [0.25, 0.3) is 0 Å². The Labute approximate surface area is 213 Å². The molecule has 0 aliphatic rings. The molecule has 3 aromatic carbocycles. The van der Waals surface area contributed by atoms with Gasteiger partial charge in [0.15, 0.2) is 0 Å². The zero-order chi connectivity index (χ0) is 25.8. The van der Waals surface area contributed by atoms with Gasteiger partial charge in [-0.3, -0.25) is 4.79 Å². The largest absolute Gasteiger partial charge is 0.467 e. The lowest BCUT2D eigenvalue weighted by Crippen LogP contribution is -2.51. The molecule has 0 N–H and O–H groups in total. The molecule has 0 spiro atoms. The van der Waals surface area contributed by atoms with E-state index in [-0.39, 0.29) is 23.9 Å². The van der Waals surface area contributed by atoms with Crippen LogP contribution in [0.4, 0.5) is 0 Å². The third-order valence-electron chi connectivity index (χ3n) is 6.13. The lowest BCUT2D eigenvalue weighted by molar-refractivity contribution is -0.133. The SMILES string of the molecule is CC(C)(C)N(CC(=O)N(CCc1ccccc1)Cc1ccco1)S(=O)(=O)c1ccc2ccccc2c1. The highest BCUT2D eigenvalue weighted by molar-refractivity contribution is 7.89. The van der Waals surface area contributed by atoms with Crippen LogP contribution < -0.4 is 0 Å². The number of hydrogen-bond donors (Lipinski definition) is 0. The molecule has 188 valence electrons. The second kappa shape index (κ2) is 10.7. The highest BCUT2D eigenvalue weighted by atomic mass is 32.2. The second-order valence-electron chi connectivity index (χ2n) is 9.82. The number of hydrogen-bond acceptors (Lipinski definition) is 4. The van der Waals surface area contributed by atoms with Gasteiger partial charge in [-0.05, 0) is 67.8 Å². The number of rotatable bonds is 9. The number of fused-ring (bicyclic) bond motifs is 1. The summed E-state index contributed by atoms with van der Waals surface area (Å²) in [4.78, 5) is 15.5. The van der Waals surface area contributed by atoms with E-state index in [0.717, 1.165) is 16.3 Å². The first-order valence-corrected chi connectivity index (χ1v) is 13.4. The van der Waals surface area contributed by atoms with Crippen LogP contribution in [0.1, 0.15) is 32.1 Å². The van der Waals surface area contributed by atoms with Crippen molar-refractivity contribution in [1.29, 1.82) is 0 Å².